The van der Waals surface area contributed by atoms with E-state index in [1.165, 1.54) is 199 Å². The van der Waals surface area contributed by atoms with Gasteiger partial charge in [-0.25, -0.2) is 0 Å². The minimum Gasteiger partial charge on any atom is -0.394 e. The Labute approximate surface area is 444 Å². The molecule has 1 amide bonds. The minimum absolute atomic E-state index is 0.204. The standard InChI is InChI=1S/C59H115NO13/c1-3-5-7-9-11-12-13-14-15-16-17-18-19-20-21-22-23-24-25-26-27-28-29-30-31-32-33-34-35-37-39-41-43-51(64)60-47(48(63)42-40-38-36-10-8-6-4-2)46-70-58-56(69)54(67)57(50(45-62)72-58)73-59-55(68)53(66)52(65)49(44-61)71-59/h47-50,52-59,61-63,65-69H,3-46H2,1-2H3,(H,60,64). The molecule has 2 rings (SSSR count). The fraction of sp³-hybridized carbons (Fsp3) is 0.983. The van der Waals surface area contributed by atoms with Gasteiger partial charge in [0.1, 0.15) is 48.8 Å². The van der Waals surface area contributed by atoms with Crippen molar-refractivity contribution in [2.24, 2.45) is 0 Å². The van der Waals surface area contributed by atoms with E-state index in [2.05, 4.69) is 19.2 Å². The van der Waals surface area contributed by atoms with Crippen LogP contribution in [-0.2, 0) is 23.7 Å². The molecule has 0 aromatic heterocycles. The molecular formula is C59H115NO13. The van der Waals surface area contributed by atoms with Gasteiger partial charge in [0.15, 0.2) is 12.6 Å². The van der Waals surface area contributed by atoms with Gasteiger partial charge in [0.05, 0.1) is 32.0 Å². The second-order valence-corrected chi connectivity index (χ2v) is 22.2. The molecule has 0 aliphatic carbocycles. The van der Waals surface area contributed by atoms with E-state index in [4.69, 9.17) is 18.9 Å². The molecule has 2 heterocycles. The Morgan fingerprint density at radius 1 is 0.438 bits per heavy atom. The Morgan fingerprint density at radius 3 is 1.16 bits per heavy atom. The van der Waals surface area contributed by atoms with E-state index < -0.39 is 86.8 Å². The maximum Gasteiger partial charge on any atom is 0.220 e. The van der Waals surface area contributed by atoms with Crippen molar-refractivity contribution in [2.75, 3.05) is 19.8 Å². The van der Waals surface area contributed by atoms with Crippen LogP contribution in [0.25, 0.3) is 0 Å². The number of aliphatic hydroxyl groups is 8. The van der Waals surface area contributed by atoms with Gasteiger partial charge in [0.2, 0.25) is 5.91 Å². The summed E-state index contributed by atoms with van der Waals surface area (Å²) in [6.07, 6.45) is 34.7. The summed E-state index contributed by atoms with van der Waals surface area (Å²) in [5, 5.41) is 86.8. The molecule has 73 heavy (non-hydrogen) atoms. The number of aliphatic hydroxyl groups excluding tert-OH is 8. The third-order valence-electron chi connectivity index (χ3n) is 15.6. The van der Waals surface area contributed by atoms with Gasteiger partial charge in [-0.2, -0.15) is 0 Å². The maximum atomic E-state index is 13.2. The second-order valence-electron chi connectivity index (χ2n) is 22.2. The van der Waals surface area contributed by atoms with E-state index in [9.17, 15) is 45.6 Å². The topological polar surface area (TPSA) is 228 Å². The molecule has 9 N–H and O–H groups in total. The number of ether oxygens (including phenoxy) is 4. The van der Waals surface area contributed by atoms with E-state index in [0.717, 1.165) is 51.4 Å². The predicted octanol–water partition coefficient (Wildman–Crippen LogP) is 10.5. The lowest BCUT2D eigenvalue weighted by molar-refractivity contribution is -0.359. The van der Waals surface area contributed by atoms with Crippen LogP contribution in [0.1, 0.15) is 277 Å². The van der Waals surface area contributed by atoms with Crippen molar-refractivity contribution in [3.63, 3.8) is 0 Å². The summed E-state index contributed by atoms with van der Waals surface area (Å²) in [6, 6.07) is -0.820. The average Bonchev–Trinajstić information content (AvgIpc) is 3.39. The first-order chi connectivity index (χ1) is 35.6. The zero-order chi connectivity index (χ0) is 53.2. The molecule has 0 spiro atoms. The van der Waals surface area contributed by atoms with Crippen LogP contribution in [0.15, 0.2) is 0 Å². The summed E-state index contributed by atoms with van der Waals surface area (Å²) >= 11 is 0. The lowest BCUT2D eigenvalue weighted by Gasteiger charge is -2.46. The normalized spacial score (nSPS) is 25.3. The van der Waals surface area contributed by atoms with Gasteiger partial charge in [-0.15, -0.1) is 0 Å². The van der Waals surface area contributed by atoms with Crippen LogP contribution < -0.4 is 5.32 Å². The van der Waals surface area contributed by atoms with Crippen molar-refractivity contribution in [3.05, 3.63) is 0 Å². The molecule has 0 saturated carbocycles. The first-order valence-corrected chi connectivity index (χ1v) is 30.8. The van der Waals surface area contributed by atoms with Crippen molar-refractivity contribution in [1.29, 1.82) is 0 Å². The fourth-order valence-corrected chi connectivity index (χ4v) is 10.6. The number of carbonyl (C=O) groups excluding carboxylic acids is 1. The number of nitrogens with one attached hydrogen (secondary N) is 1. The van der Waals surface area contributed by atoms with Gasteiger partial charge in [0, 0.05) is 6.42 Å². The number of amides is 1. The highest BCUT2D eigenvalue weighted by Gasteiger charge is 2.51. The molecular weight excluding hydrogens is 931 g/mol. The Hall–Kier alpha value is -1.01. The largest absolute Gasteiger partial charge is 0.394 e. The molecule has 0 aromatic carbocycles. The molecule has 2 fully saturated rings. The Kier molecular flexibility index (Phi) is 42.9. The Morgan fingerprint density at radius 2 is 0.781 bits per heavy atom. The second kappa shape index (κ2) is 46.0. The van der Waals surface area contributed by atoms with Crippen LogP contribution in [0, 0.1) is 0 Å². The van der Waals surface area contributed by atoms with Crippen molar-refractivity contribution >= 4 is 5.91 Å². The lowest BCUT2D eigenvalue weighted by atomic mass is 9.97. The first-order valence-electron chi connectivity index (χ1n) is 30.8. The molecule has 0 bridgehead atoms. The monoisotopic (exact) mass is 1050 g/mol. The number of hydrogen-bond donors (Lipinski definition) is 9. The lowest BCUT2D eigenvalue weighted by Crippen LogP contribution is -2.65. The molecule has 2 aliphatic rings. The zero-order valence-corrected chi connectivity index (χ0v) is 46.7. The highest BCUT2D eigenvalue weighted by molar-refractivity contribution is 5.76. The summed E-state index contributed by atoms with van der Waals surface area (Å²) in [6.45, 7) is 2.83. The van der Waals surface area contributed by atoms with E-state index >= 15 is 0 Å². The highest BCUT2D eigenvalue weighted by Crippen LogP contribution is 2.30. The average molecular weight is 1050 g/mol. The van der Waals surface area contributed by atoms with Gasteiger partial charge in [-0.3, -0.25) is 4.79 Å². The van der Waals surface area contributed by atoms with Crippen LogP contribution >= 0.6 is 0 Å². The van der Waals surface area contributed by atoms with E-state index in [1.807, 2.05) is 0 Å². The minimum atomic E-state index is -1.78. The van der Waals surface area contributed by atoms with Crippen molar-refractivity contribution in [3.8, 4) is 0 Å². The van der Waals surface area contributed by atoms with Gasteiger partial charge in [0.25, 0.3) is 0 Å². The van der Waals surface area contributed by atoms with Gasteiger partial charge < -0.3 is 65.1 Å². The summed E-state index contributed by atoms with van der Waals surface area (Å²) in [7, 11) is 0. The Bertz CT molecular complexity index is 1230. The van der Waals surface area contributed by atoms with E-state index in [0.29, 0.717) is 12.8 Å². The zero-order valence-electron chi connectivity index (χ0n) is 46.7. The molecule has 2 aliphatic heterocycles. The van der Waals surface area contributed by atoms with Crippen molar-refractivity contribution in [2.45, 2.75) is 351 Å². The highest BCUT2D eigenvalue weighted by atomic mass is 16.7. The third kappa shape index (κ3) is 31.9. The van der Waals surface area contributed by atoms with Crippen molar-refractivity contribution in [1.82, 2.24) is 5.32 Å². The molecule has 0 aromatic rings. The van der Waals surface area contributed by atoms with Crippen LogP contribution in [0.3, 0.4) is 0 Å². The quantitative estimate of drug-likeness (QED) is 0.0259. The summed E-state index contributed by atoms with van der Waals surface area (Å²) in [4.78, 5) is 13.2. The Balaban J connectivity index is 1.55. The fourth-order valence-electron chi connectivity index (χ4n) is 10.6. The number of rotatable bonds is 50. The van der Waals surface area contributed by atoms with E-state index in [1.54, 1.807) is 0 Å². The molecule has 14 heteroatoms. The van der Waals surface area contributed by atoms with E-state index in [-0.39, 0.29) is 12.5 Å². The summed E-state index contributed by atoms with van der Waals surface area (Å²) < 4.78 is 22.7. The molecule has 2 saturated heterocycles. The number of unbranched alkanes of at least 4 members (excludes halogenated alkanes) is 37. The van der Waals surface area contributed by atoms with Gasteiger partial charge in [-0.1, -0.05) is 258 Å². The van der Waals surface area contributed by atoms with Crippen molar-refractivity contribution < 1.29 is 64.6 Å². The molecule has 12 atom stereocenters. The molecule has 434 valence electrons. The van der Waals surface area contributed by atoms with Crippen LogP contribution in [0.4, 0.5) is 0 Å². The van der Waals surface area contributed by atoms with Crippen LogP contribution in [0.5, 0.6) is 0 Å². The first kappa shape index (κ1) is 68.1. The van der Waals surface area contributed by atoms with Gasteiger partial charge >= 0.3 is 0 Å². The summed E-state index contributed by atoms with van der Waals surface area (Å²) in [5.74, 6) is -0.204. The van der Waals surface area contributed by atoms with Crippen LogP contribution in [0.2, 0.25) is 0 Å². The third-order valence-corrected chi connectivity index (χ3v) is 15.6. The molecule has 12 unspecified atom stereocenters. The maximum absolute atomic E-state index is 13.2. The molecule has 0 radical (unpaired) electrons. The van der Waals surface area contributed by atoms with Gasteiger partial charge in [-0.05, 0) is 12.8 Å². The number of carbonyl (C=O) groups is 1. The predicted molar refractivity (Wildman–Crippen MR) is 291 cm³/mol. The smallest absolute Gasteiger partial charge is 0.220 e. The molecule has 14 nitrogen and oxygen atoms in total. The number of hydrogen-bond acceptors (Lipinski definition) is 13. The SMILES string of the molecule is CCCCCCCCCCCCCCCCCCCCCCCCCCCCCCCCCCC(=O)NC(COC1OC(CO)C(OC2OC(CO)C(O)C(O)C2O)C(O)C1O)C(O)CCCCCCCCC. The summed E-state index contributed by atoms with van der Waals surface area (Å²) in [5.41, 5.74) is 0. The van der Waals surface area contributed by atoms with Crippen LogP contribution in [-0.4, -0.2) is 140 Å².